The topological polar surface area (TPSA) is 325 Å². The molecule has 0 bridgehead atoms. The minimum Gasteiger partial charge on any atom is -0.490 e. The van der Waals surface area contributed by atoms with E-state index >= 15 is 4.79 Å². The second-order valence-electron chi connectivity index (χ2n) is 20.8. The number of esters is 2. The first-order valence-electron chi connectivity index (χ1n) is 29.2. The summed E-state index contributed by atoms with van der Waals surface area (Å²) in [5, 5.41) is 17.8. The van der Waals surface area contributed by atoms with Crippen LogP contribution in [0.3, 0.4) is 0 Å². The first-order chi connectivity index (χ1) is 45.1. The van der Waals surface area contributed by atoms with E-state index in [1.807, 2.05) is 47.8 Å². The van der Waals surface area contributed by atoms with E-state index in [0.29, 0.717) is 80.9 Å². The molecule has 0 saturated carbocycles. The van der Waals surface area contributed by atoms with E-state index in [1.165, 1.54) is 63.3 Å². The van der Waals surface area contributed by atoms with Crippen molar-refractivity contribution in [1.29, 1.82) is 0 Å². The van der Waals surface area contributed by atoms with Crippen molar-refractivity contribution in [2.75, 3.05) is 38.7 Å². The fourth-order valence-corrected chi connectivity index (χ4v) is 14.4. The van der Waals surface area contributed by atoms with Gasteiger partial charge in [-0.3, -0.25) is 24.2 Å². The van der Waals surface area contributed by atoms with Gasteiger partial charge in [0.05, 0.1) is 47.5 Å². The van der Waals surface area contributed by atoms with Gasteiger partial charge in [0.2, 0.25) is 23.6 Å². The van der Waals surface area contributed by atoms with Crippen LogP contribution in [0.1, 0.15) is 96.6 Å². The predicted octanol–water partition coefficient (Wildman–Crippen LogP) is 9.73. The third-order valence-corrected chi connectivity index (χ3v) is 19.1. The van der Waals surface area contributed by atoms with Gasteiger partial charge in [-0.25, -0.2) is 44.3 Å². The molecule has 24 nitrogen and oxygen atoms in total. The van der Waals surface area contributed by atoms with Crippen molar-refractivity contribution in [2.24, 2.45) is 10.7 Å². The Morgan fingerprint density at radius 2 is 1.43 bits per heavy atom. The Labute approximate surface area is 553 Å². The Kier molecular flexibility index (Phi) is 22.3. The number of hydrogen-bond donors (Lipinski definition) is 4. The smallest absolute Gasteiger partial charge is 0.408 e. The van der Waals surface area contributed by atoms with Crippen molar-refractivity contribution < 1.29 is 56.9 Å². The summed E-state index contributed by atoms with van der Waals surface area (Å²) in [6.07, 6.45) is 5.35. The summed E-state index contributed by atoms with van der Waals surface area (Å²) in [7, 11) is 0. The highest BCUT2D eigenvalue weighted by Crippen LogP contribution is 2.40. The molecule has 480 valence electrons. The summed E-state index contributed by atoms with van der Waals surface area (Å²) < 4.78 is 27.5. The monoisotopic (exact) mass is 1350 g/mol. The number of thioether (sulfide) groups is 1. The molecule has 1 fully saturated rings. The number of rotatable bonds is 29. The van der Waals surface area contributed by atoms with Gasteiger partial charge in [-0.05, 0) is 68.5 Å². The maximum Gasteiger partial charge on any atom is 0.408 e. The lowest BCUT2D eigenvalue weighted by Gasteiger charge is -2.29. The quantitative estimate of drug-likeness (QED) is 0.0192. The molecule has 5 amide bonds. The number of pyridine rings is 1. The van der Waals surface area contributed by atoms with Crippen LogP contribution >= 0.6 is 57.1 Å². The third kappa shape index (κ3) is 16.6. The van der Waals surface area contributed by atoms with E-state index in [9.17, 15) is 28.8 Å². The highest BCUT2D eigenvalue weighted by molar-refractivity contribution is 8.14. The van der Waals surface area contributed by atoms with E-state index in [-0.39, 0.29) is 83.8 Å². The maximum absolute atomic E-state index is 15.1. The zero-order valence-electron chi connectivity index (χ0n) is 50.3. The summed E-state index contributed by atoms with van der Waals surface area (Å²) in [6.45, 7) is 15.0. The molecule has 2 aromatic carbocycles. The molecule has 8 heterocycles. The highest BCUT2D eigenvalue weighted by Gasteiger charge is 2.39. The van der Waals surface area contributed by atoms with Crippen LogP contribution in [-0.2, 0) is 41.4 Å². The van der Waals surface area contributed by atoms with Crippen molar-refractivity contribution in [3.05, 3.63) is 170 Å². The number of benzene rings is 2. The number of aryl methyl sites for hydroxylation is 1. The first kappa shape index (κ1) is 66.4. The van der Waals surface area contributed by atoms with Crippen molar-refractivity contribution >= 4 is 104 Å². The Bertz CT molecular complexity index is 4100. The molecule has 6 aromatic heterocycles. The molecule has 29 heteroatoms. The molecule has 0 unspecified atom stereocenters. The first-order valence-corrected chi connectivity index (χ1v) is 33.7. The minimum absolute atomic E-state index is 0.00496. The zero-order chi connectivity index (χ0) is 65.5. The number of carbonyl (C=O) groups excluding carboxylic acids is 7. The standard InChI is InChI=1S/C64H62N12O12S5/c1-6-24-85-38-19-17-37(18-20-38)28-43(68-53(78)45-31-90-57(70-45)41(74-64(83)87-26-8-3)27-36-14-11-10-12-15-36)61(80)76-23-13-16-49(76)60-71-46(32-93-60)59-69-44(30-89-59)52-39(21-22-40(66-52)56-72-47(33-91-56)62(81)84-9-4)55-75-51(35(5)88-55)54(79)67-42(29-50(65)77)58-73-48(34-92-58)63(82)86-25-7-2/h6-8,10-12,14-15,17-22,30,32-34,41-43,45,49H,1-3,9,13,16,23-29,31H2,4-5H3,(H2,65,77)(H,67,79)(H,68,78)(H,74,83)/t41-,42-,43-,45-,49-/m0/s1. The zero-order valence-corrected chi connectivity index (χ0v) is 54.4. The molecule has 5 atom stereocenters. The average Bonchev–Trinajstić information content (AvgIpc) is 1.67. The van der Waals surface area contributed by atoms with Crippen molar-refractivity contribution in [1.82, 2.24) is 50.8 Å². The number of likely N-dealkylation sites (tertiary alicyclic amines) is 1. The number of nitrogens with one attached hydrogen (secondary N) is 3. The number of aromatic nitrogens is 6. The van der Waals surface area contributed by atoms with Gasteiger partial charge in [-0.2, -0.15) is 0 Å². The van der Waals surface area contributed by atoms with Crippen LogP contribution in [-0.4, -0.2) is 138 Å². The van der Waals surface area contributed by atoms with Crippen LogP contribution in [0.25, 0.3) is 44.2 Å². The fraction of sp³-hybridized carbons (Fsp3) is 0.281. The summed E-state index contributed by atoms with van der Waals surface area (Å²) in [5.74, 6) is -2.51. The lowest BCUT2D eigenvalue weighted by Crippen LogP contribution is -2.51. The number of oxazole rings is 1. The molecule has 0 radical (unpaired) electrons. The number of amides is 5. The lowest BCUT2D eigenvalue weighted by atomic mass is 10.0. The average molecular weight is 1350 g/mol. The van der Waals surface area contributed by atoms with Gasteiger partial charge in [-0.1, -0.05) is 80.4 Å². The molecule has 1 saturated heterocycles. The number of nitrogens with two attached hydrogens (primary N) is 1. The number of hydrogen-bond acceptors (Lipinski definition) is 24. The lowest BCUT2D eigenvalue weighted by molar-refractivity contribution is -0.137. The summed E-state index contributed by atoms with van der Waals surface area (Å²) in [4.78, 5) is 129. The number of aliphatic imine (C=N–C) groups is 1. The molecule has 0 spiro atoms. The predicted molar refractivity (Wildman–Crippen MR) is 354 cm³/mol. The van der Waals surface area contributed by atoms with Crippen LogP contribution in [0.15, 0.2) is 136 Å². The van der Waals surface area contributed by atoms with Crippen LogP contribution in [0, 0.1) is 6.92 Å². The molecule has 5 N–H and O–H groups in total. The molecule has 8 aromatic rings. The summed E-state index contributed by atoms with van der Waals surface area (Å²) >= 11 is 6.24. The van der Waals surface area contributed by atoms with Gasteiger partial charge in [0, 0.05) is 40.2 Å². The largest absolute Gasteiger partial charge is 0.490 e. The van der Waals surface area contributed by atoms with Gasteiger partial charge in [-0.15, -0.1) is 57.1 Å². The second kappa shape index (κ2) is 31.2. The second-order valence-corrected chi connectivity index (χ2v) is 25.3. The molecule has 2 aliphatic heterocycles. The number of thiazole rings is 4. The number of alkyl carbamates (subject to hydrolysis) is 1. The maximum atomic E-state index is 15.1. The molecule has 0 aliphatic carbocycles. The van der Waals surface area contributed by atoms with Gasteiger partial charge in [0.1, 0.15) is 80.5 Å². The van der Waals surface area contributed by atoms with Gasteiger partial charge in [0.15, 0.2) is 17.1 Å². The Balaban J connectivity index is 0.910. The van der Waals surface area contributed by atoms with E-state index in [4.69, 9.17) is 49.0 Å². The Hall–Kier alpha value is -9.55. The van der Waals surface area contributed by atoms with Gasteiger partial charge >= 0.3 is 18.0 Å². The van der Waals surface area contributed by atoms with Gasteiger partial charge in [0.25, 0.3) is 5.91 Å². The van der Waals surface area contributed by atoms with E-state index in [2.05, 4.69) is 50.6 Å². The van der Waals surface area contributed by atoms with Crippen LogP contribution in [0.4, 0.5) is 4.79 Å². The molecular weight excluding hydrogens is 1290 g/mol. The number of primary amides is 1. The van der Waals surface area contributed by atoms with Crippen LogP contribution in [0.2, 0.25) is 0 Å². The Morgan fingerprint density at radius 3 is 2.19 bits per heavy atom. The third-order valence-electron chi connectivity index (χ3n) is 14.3. The summed E-state index contributed by atoms with van der Waals surface area (Å²) in [5.41, 5.74) is 9.18. The molecular formula is C64H62N12O12S5. The van der Waals surface area contributed by atoms with E-state index < -0.39 is 66.0 Å². The normalized spacial score (nSPS) is 15.2. The van der Waals surface area contributed by atoms with Gasteiger partial charge < -0.3 is 49.9 Å². The van der Waals surface area contributed by atoms with Crippen LogP contribution < -0.4 is 26.4 Å². The van der Waals surface area contributed by atoms with Crippen molar-refractivity contribution in [3.63, 3.8) is 0 Å². The number of nitrogens with zero attached hydrogens (tertiary/aromatic N) is 8. The number of carbonyl (C=O) groups is 7. The van der Waals surface area contributed by atoms with Crippen LogP contribution in [0.5, 0.6) is 5.75 Å². The minimum atomic E-state index is -1.04. The van der Waals surface area contributed by atoms with E-state index in [0.717, 1.165) is 22.5 Å². The summed E-state index contributed by atoms with van der Waals surface area (Å²) in [6, 6.07) is 16.3. The molecule has 93 heavy (non-hydrogen) atoms. The van der Waals surface area contributed by atoms with Crippen molar-refractivity contribution in [2.45, 2.75) is 76.2 Å². The highest BCUT2D eigenvalue weighted by atomic mass is 32.2. The molecule has 2 aliphatic rings. The van der Waals surface area contributed by atoms with Crippen molar-refractivity contribution in [3.8, 4) is 50.0 Å². The molecule has 10 rings (SSSR count). The van der Waals surface area contributed by atoms with E-state index in [1.54, 1.807) is 59.8 Å². The number of ether oxygens (including phenoxy) is 4. The SMILES string of the molecule is C=CCOC(=O)N[C@@H](Cc1ccccc1)C1=N[C@H](C(=O)N[C@@H](Cc2ccc(OCC=C)cc2)C(=O)N2CCC[C@H]2c2nc(-c3nc(-c4nc(-c5nc(C(=O)OCC)cs5)ccc4-c4nc(C(=O)N[C@@H](CC(N)=O)c5nc(C(=O)OCC=C)cs5)c(C)o4)cs3)cs2)CS1. The Morgan fingerprint density at radius 1 is 0.720 bits per heavy atom. The fourth-order valence-electron chi connectivity index (χ4n) is 9.93.